The highest BCUT2D eigenvalue weighted by Crippen LogP contribution is 2.29. The van der Waals surface area contributed by atoms with Crippen LogP contribution in [0, 0.1) is 5.82 Å². The maximum Gasteiger partial charge on any atom is 0.223 e. The highest BCUT2D eigenvalue weighted by atomic mass is 35.5. The van der Waals surface area contributed by atoms with Gasteiger partial charge in [-0.3, -0.25) is 0 Å². The molecule has 0 atom stereocenters. The van der Waals surface area contributed by atoms with Gasteiger partial charge in [0.25, 0.3) is 0 Å². The third-order valence-corrected chi connectivity index (χ3v) is 3.31. The van der Waals surface area contributed by atoms with E-state index in [9.17, 15) is 4.39 Å². The van der Waals surface area contributed by atoms with Gasteiger partial charge in [0.05, 0.1) is 6.20 Å². The number of nitrogens with one attached hydrogen (secondary N) is 1. The molecule has 0 aliphatic rings. The van der Waals surface area contributed by atoms with E-state index in [1.807, 2.05) is 19.1 Å². The molecule has 0 fully saturated rings. The first-order valence-electron chi connectivity index (χ1n) is 5.39. The number of hydrogen-bond acceptors (Lipinski definition) is 4. The van der Waals surface area contributed by atoms with Crippen LogP contribution in [0.5, 0.6) is 0 Å². The fourth-order valence-electron chi connectivity index (χ4n) is 1.28. The molecule has 6 heteroatoms. The molecule has 0 saturated carbocycles. The minimum absolute atomic E-state index is 0.295. The molecule has 3 nitrogen and oxygen atoms in total. The summed E-state index contributed by atoms with van der Waals surface area (Å²) in [5.41, 5.74) is 0. The predicted molar refractivity (Wildman–Crippen MR) is 71.7 cm³/mol. The average Bonchev–Trinajstić information content (AvgIpc) is 2.36. The Morgan fingerprint density at radius 2 is 2.06 bits per heavy atom. The van der Waals surface area contributed by atoms with Gasteiger partial charge in [0, 0.05) is 16.5 Å². The van der Waals surface area contributed by atoms with E-state index < -0.39 is 5.82 Å². The van der Waals surface area contributed by atoms with E-state index in [1.165, 1.54) is 18.0 Å². The Morgan fingerprint density at radius 3 is 2.72 bits per heavy atom. The first-order valence-corrected chi connectivity index (χ1v) is 6.58. The van der Waals surface area contributed by atoms with Crippen molar-refractivity contribution >= 4 is 29.3 Å². The monoisotopic (exact) mass is 283 g/mol. The summed E-state index contributed by atoms with van der Waals surface area (Å²) in [5, 5.41) is 3.89. The van der Waals surface area contributed by atoms with Crippen LogP contribution in [0.2, 0.25) is 5.02 Å². The normalized spacial score (nSPS) is 10.4. The molecule has 2 aromatic rings. The molecule has 94 valence electrons. The van der Waals surface area contributed by atoms with Crippen LogP contribution in [0.25, 0.3) is 0 Å². The van der Waals surface area contributed by atoms with Gasteiger partial charge in [-0.1, -0.05) is 23.4 Å². The van der Waals surface area contributed by atoms with Crippen molar-refractivity contribution in [1.82, 2.24) is 9.97 Å². The molecule has 1 aromatic carbocycles. The lowest BCUT2D eigenvalue weighted by Gasteiger charge is -2.05. The van der Waals surface area contributed by atoms with Crippen LogP contribution in [0.15, 0.2) is 40.4 Å². The molecular weight excluding hydrogens is 273 g/mol. The highest BCUT2D eigenvalue weighted by Gasteiger charge is 2.08. The van der Waals surface area contributed by atoms with E-state index in [1.54, 1.807) is 12.1 Å². The first kappa shape index (κ1) is 13.1. The second-order valence-electron chi connectivity index (χ2n) is 3.43. The Kier molecular flexibility index (Phi) is 4.38. The molecule has 0 aliphatic heterocycles. The molecule has 1 aromatic heterocycles. The summed E-state index contributed by atoms with van der Waals surface area (Å²) in [7, 11) is 0. The quantitative estimate of drug-likeness (QED) is 0.865. The molecule has 0 saturated heterocycles. The molecule has 0 radical (unpaired) electrons. The molecule has 0 bridgehead atoms. The maximum atomic E-state index is 13.6. The van der Waals surface area contributed by atoms with Crippen molar-refractivity contribution in [3.05, 3.63) is 41.3 Å². The fraction of sp³-hybridized carbons (Fsp3) is 0.167. The second kappa shape index (κ2) is 6.02. The van der Waals surface area contributed by atoms with E-state index >= 15 is 0 Å². The molecule has 0 aliphatic carbocycles. The van der Waals surface area contributed by atoms with Crippen molar-refractivity contribution in [3.63, 3.8) is 0 Å². The number of halogens is 2. The smallest absolute Gasteiger partial charge is 0.223 e. The van der Waals surface area contributed by atoms with Crippen LogP contribution in [0.4, 0.5) is 10.3 Å². The zero-order chi connectivity index (χ0) is 13.0. The lowest BCUT2D eigenvalue weighted by molar-refractivity contribution is 0.580. The summed E-state index contributed by atoms with van der Waals surface area (Å²) in [6.07, 6.45) is 1.17. The largest absolute Gasteiger partial charge is 0.354 e. The van der Waals surface area contributed by atoms with Crippen LogP contribution in [0.1, 0.15) is 6.92 Å². The van der Waals surface area contributed by atoms with E-state index in [2.05, 4.69) is 15.3 Å². The first-order chi connectivity index (χ1) is 8.69. The summed E-state index contributed by atoms with van der Waals surface area (Å²) in [4.78, 5) is 8.84. The summed E-state index contributed by atoms with van der Waals surface area (Å²) in [6, 6.07) is 7.16. The number of aromatic nitrogens is 2. The van der Waals surface area contributed by atoms with Gasteiger partial charge in [-0.2, -0.15) is 0 Å². The van der Waals surface area contributed by atoms with Crippen LogP contribution in [0.3, 0.4) is 0 Å². The molecule has 0 unspecified atom stereocenters. The number of nitrogens with zero attached hydrogens (tertiary/aromatic N) is 2. The Balaban J connectivity index is 2.22. The van der Waals surface area contributed by atoms with Gasteiger partial charge >= 0.3 is 0 Å². The molecule has 1 heterocycles. The third kappa shape index (κ3) is 3.34. The topological polar surface area (TPSA) is 37.8 Å². The molecule has 0 spiro atoms. The Labute approximate surface area is 114 Å². The number of rotatable bonds is 4. The zero-order valence-corrected chi connectivity index (χ0v) is 11.2. The average molecular weight is 284 g/mol. The van der Waals surface area contributed by atoms with Crippen LogP contribution >= 0.6 is 23.4 Å². The number of hydrogen-bond donors (Lipinski definition) is 1. The number of benzene rings is 1. The predicted octanol–water partition coefficient (Wildman–Crippen LogP) is 3.85. The van der Waals surface area contributed by atoms with Crippen molar-refractivity contribution in [2.45, 2.75) is 16.8 Å². The summed E-state index contributed by atoms with van der Waals surface area (Å²) < 4.78 is 13.6. The summed E-state index contributed by atoms with van der Waals surface area (Å²) in [6.45, 7) is 2.62. The maximum absolute atomic E-state index is 13.6. The Bertz CT molecular complexity index is 533. The molecule has 1 N–H and O–H groups in total. The van der Waals surface area contributed by atoms with Gasteiger partial charge in [0.15, 0.2) is 5.82 Å². The molecule has 0 amide bonds. The molecule has 18 heavy (non-hydrogen) atoms. The molecular formula is C12H11ClFN3S. The highest BCUT2D eigenvalue weighted by molar-refractivity contribution is 7.99. The van der Waals surface area contributed by atoms with Crippen LogP contribution in [-0.2, 0) is 0 Å². The lowest BCUT2D eigenvalue weighted by Crippen LogP contribution is -2.03. The zero-order valence-electron chi connectivity index (χ0n) is 9.65. The Hall–Kier alpha value is -1.33. The fourth-order valence-corrected chi connectivity index (χ4v) is 2.18. The van der Waals surface area contributed by atoms with E-state index in [4.69, 9.17) is 11.6 Å². The molecule has 2 rings (SSSR count). The van der Waals surface area contributed by atoms with Gasteiger partial charge in [-0.15, -0.1) is 0 Å². The van der Waals surface area contributed by atoms with E-state index in [0.29, 0.717) is 22.5 Å². The van der Waals surface area contributed by atoms with Crippen molar-refractivity contribution in [2.75, 3.05) is 11.9 Å². The summed E-state index contributed by atoms with van der Waals surface area (Å²) in [5.74, 6) is -0.00744. The van der Waals surface area contributed by atoms with Gasteiger partial charge < -0.3 is 5.32 Å². The minimum Gasteiger partial charge on any atom is -0.354 e. The summed E-state index contributed by atoms with van der Waals surface area (Å²) >= 11 is 7.03. The Morgan fingerprint density at radius 1 is 1.33 bits per heavy atom. The van der Waals surface area contributed by atoms with Gasteiger partial charge in [0.2, 0.25) is 5.95 Å². The SMILES string of the molecule is CCNc1ncc(F)c(Sc2ccc(Cl)cc2)n1. The van der Waals surface area contributed by atoms with Crippen molar-refractivity contribution in [2.24, 2.45) is 0 Å². The second-order valence-corrected chi connectivity index (χ2v) is 4.93. The van der Waals surface area contributed by atoms with Gasteiger partial charge in [0.1, 0.15) is 5.03 Å². The van der Waals surface area contributed by atoms with Gasteiger partial charge in [-0.05, 0) is 31.2 Å². The van der Waals surface area contributed by atoms with E-state index in [0.717, 1.165) is 4.90 Å². The minimum atomic E-state index is -0.434. The van der Waals surface area contributed by atoms with Crippen molar-refractivity contribution < 1.29 is 4.39 Å². The van der Waals surface area contributed by atoms with Crippen LogP contribution in [-0.4, -0.2) is 16.5 Å². The van der Waals surface area contributed by atoms with Crippen molar-refractivity contribution in [3.8, 4) is 0 Å². The van der Waals surface area contributed by atoms with Crippen molar-refractivity contribution in [1.29, 1.82) is 0 Å². The third-order valence-electron chi connectivity index (χ3n) is 2.07. The van der Waals surface area contributed by atoms with Gasteiger partial charge in [-0.25, -0.2) is 14.4 Å². The lowest BCUT2D eigenvalue weighted by atomic mass is 10.4. The van der Waals surface area contributed by atoms with E-state index in [-0.39, 0.29) is 0 Å². The number of anilines is 1. The standard InChI is InChI=1S/C12H11ClFN3S/c1-2-15-12-16-7-10(14)11(17-12)18-9-5-3-8(13)4-6-9/h3-7H,2H2,1H3,(H,15,16,17). The van der Waals surface area contributed by atoms with Crippen LogP contribution < -0.4 is 5.32 Å².